The fourth-order valence-corrected chi connectivity index (χ4v) is 1.52. The summed E-state index contributed by atoms with van der Waals surface area (Å²) in [6.45, 7) is 0. The van der Waals surface area contributed by atoms with Gasteiger partial charge in [-0.05, 0) is 12.6 Å². The number of nitrogens with one attached hydrogen (secondary N) is 1. The van der Waals surface area contributed by atoms with E-state index in [4.69, 9.17) is 0 Å². The number of hydrogen-bond donors (Lipinski definition) is 2. The number of ether oxygens (including phenoxy) is 1. The summed E-state index contributed by atoms with van der Waals surface area (Å²) in [5.41, 5.74) is -1.52. The molecule has 1 aromatic rings. The van der Waals surface area contributed by atoms with Crippen molar-refractivity contribution in [3.05, 3.63) is 35.9 Å². The van der Waals surface area contributed by atoms with Crippen molar-refractivity contribution in [2.45, 2.75) is 5.54 Å². The average molecular weight is 223 g/mol. The van der Waals surface area contributed by atoms with Crippen LogP contribution in [0.25, 0.3) is 0 Å². The summed E-state index contributed by atoms with van der Waals surface area (Å²) in [5, 5.41) is 11.7. The predicted molar refractivity (Wildman–Crippen MR) is 56.8 cm³/mol. The molecular weight excluding hydrogens is 210 g/mol. The molecule has 0 radical (unpaired) electrons. The normalized spacial score (nSPS) is 13.9. The second-order valence-corrected chi connectivity index (χ2v) is 3.16. The lowest BCUT2D eigenvalue weighted by Gasteiger charge is -2.26. The molecule has 0 unspecified atom stereocenters. The highest BCUT2D eigenvalue weighted by atomic mass is 16.5. The summed E-state index contributed by atoms with van der Waals surface area (Å²) in [7, 11) is 2.55. The summed E-state index contributed by atoms with van der Waals surface area (Å²) in [6, 6.07) is 8.17. The fraction of sp³-hybridized carbons (Fsp3) is 0.273. The van der Waals surface area contributed by atoms with E-state index in [1.54, 1.807) is 30.3 Å². The van der Waals surface area contributed by atoms with E-state index in [0.717, 1.165) is 7.11 Å². The van der Waals surface area contributed by atoms with Crippen molar-refractivity contribution in [2.75, 3.05) is 14.2 Å². The van der Waals surface area contributed by atoms with Gasteiger partial charge in [0.15, 0.2) is 0 Å². The number of carboxylic acids is 1. The number of carbonyl (C=O) groups is 2. The monoisotopic (exact) mass is 223 g/mol. The molecule has 0 fully saturated rings. The molecule has 5 nitrogen and oxygen atoms in total. The van der Waals surface area contributed by atoms with E-state index < -0.39 is 17.5 Å². The van der Waals surface area contributed by atoms with E-state index in [1.807, 2.05) is 0 Å². The summed E-state index contributed by atoms with van der Waals surface area (Å²) < 4.78 is 4.54. The zero-order chi connectivity index (χ0) is 12.2. The third-order valence-corrected chi connectivity index (χ3v) is 2.39. The number of aliphatic carboxylic acids is 1. The Hall–Kier alpha value is -1.88. The number of likely N-dealkylation sites (N-methyl/N-ethyl adjacent to an activating group) is 1. The molecule has 5 heteroatoms. The van der Waals surface area contributed by atoms with Crippen LogP contribution >= 0.6 is 0 Å². The number of esters is 1. The Morgan fingerprint density at radius 2 is 1.88 bits per heavy atom. The smallest absolute Gasteiger partial charge is 0.342 e. The lowest BCUT2D eigenvalue weighted by atomic mass is 9.90. The zero-order valence-corrected chi connectivity index (χ0v) is 9.06. The van der Waals surface area contributed by atoms with Crippen LogP contribution in [0.4, 0.5) is 0 Å². The van der Waals surface area contributed by atoms with Crippen LogP contribution in [0.1, 0.15) is 5.56 Å². The van der Waals surface area contributed by atoms with Gasteiger partial charge >= 0.3 is 11.9 Å². The third kappa shape index (κ3) is 1.77. The molecule has 0 aliphatic heterocycles. The highest BCUT2D eigenvalue weighted by Gasteiger charge is 2.48. The maximum atomic E-state index is 11.6. The van der Waals surface area contributed by atoms with E-state index in [-0.39, 0.29) is 0 Å². The maximum Gasteiger partial charge on any atom is 0.342 e. The van der Waals surface area contributed by atoms with Crippen LogP contribution in [0.3, 0.4) is 0 Å². The highest BCUT2D eigenvalue weighted by molar-refractivity contribution is 6.04. The minimum absolute atomic E-state index is 0.330. The minimum Gasteiger partial charge on any atom is -0.479 e. The first-order valence-corrected chi connectivity index (χ1v) is 4.65. The first-order valence-electron chi connectivity index (χ1n) is 4.65. The molecule has 0 spiro atoms. The van der Waals surface area contributed by atoms with Crippen molar-refractivity contribution < 1.29 is 19.4 Å². The minimum atomic E-state index is -1.85. The molecule has 0 aliphatic carbocycles. The van der Waals surface area contributed by atoms with Crippen molar-refractivity contribution in [1.82, 2.24) is 5.32 Å². The largest absolute Gasteiger partial charge is 0.479 e. The maximum absolute atomic E-state index is 11.6. The van der Waals surface area contributed by atoms with Crippen molar-refractivity contribution >= 4 is 11.9 Å². The molecule has 1 aromatic carbocycles. The van der Waals surface area contributed by atoms with E-state index >= 15 is 0 Å². The van der Waals surface area contributed by atoms with Crippen LogP contribution in [0, 0.1) is 0 Å². The summed E-state index contributed by atoms with van der Waals surface area (Å²) in [4.78, 5) is 22.9. The summed E-state index contributed by atoms with van der Waals surface area (Å²) >= 11 is 0. The first kappa shape index (κ1) is 12.2. The number of benzene rings is 1. The standard InChI is InChI=1S/C11H13NO4/c1-12-11(9(13)14,10(15)16-2)8-6-4-3-5-7-8/h3-7,12H,1-2H3,(H,13,14)/t11-/m0/s1. The van der Waals surface area contributed by atoms with Gasteiger partial charge in [0.2, 0.25) is 5.54 Å². The predicted octanol–water partition coefficient (Wildman–Crippen LogP) is 0.359. The molecule has 86 valence electrons. The molecule has 16 heavy (non-hydrogen) atoms. The van der Waals surface area contributed by atoms with E-state index in [2.05, 4.69) is 10.1 Å². The van der Waals surface area contributed by atoms with Crippen molar-refractivity contribution in [3.63, 3.8) is 0 Å². The fourth-order valence-electron chi connectivity index (χ4n) is 1.52. The van der Waals surface area contributed by atoms with Crippen molar-refractivity contribution in [1.29, 1.82) is 0 Å². The third-order valence-electron chi connectivity index (χ3n) is 2.39. The second-order valence-electron chi connectivity index (χ2n) is 3.16. The molecular formula is C11H13NO4. The molecule has 0 saturated carbocycles. The molecule has 1 rings (SSSR count). The van der Waals surface area contributed by atoms with Crippen LogP contribution < -0.4 is 5.32 Å². The summed E-state index contributed by atoms with van der Waals surface area (Å²) in [5.74, 6) is -2.15. The van der Waals surface area contributed by atoms with Gasteiger partial charge in [0, 0.05) is 0 Å². The van der Waals surface area contributed by atoms with Crippen LogP contribution in [0.15, 0.2) is 30.3 Å². The first-order chi connectivity index (χ1) is 7.59. The van der Waals surface area contributed by atoms with Gasteiger partial charge < -0.3 is 9.84 Å². The average Bonchev–Trinajstić information content (AvgIpc) is 2.31. The van der Waals surface area contributed by atoms with Crippen LogP contribution in [0.5, 0.6) is 0 Å². The Morgan fingerprint density at radius 1 is 1.31 bits per heavy atom. The lowest BCUT2D eigenvalue weighted by molar-refractivity contribution is -0.161. The Labute approximate surface area is 93.0 Å². The van der Waals surface area contributed by atoms with E-state index in [0.29, 0.717) is 5.56 Å². The molecule has 0 heterocycles. The number of carbonyl (C=O) groups excluding carboxylic acids is 1. The number of hydrogen-bond acceptors (Lipinski definition) is 4. The van der Waals surface area contributed by atoms with Crippen LogP contribution in [-0.2, 0) is 19.9 Å². The molecule has 2 N–H and O–H groups in total. The zero-order valence-electron chi connectivity index (χ0n) is 9.06. The molecule has 0 aromatic heterocycles. The van der Waals surface area contributed by atoms with Gasteiger partial charge in [0.1, 0.15) is 0 Å². The van der Waals surface area contributed by atoms with E-state index in [9.17, 15) is 14.7 Å². The van der Waals surface area contributed by atoms with Crippen molar-refractivity contribution in [3.8, 4) is 0 Å². The highest BCUT2D eigenvalue weighted by Crippen LogP contribution is 2.22. The number of rotatable bonds is 4. The van der Waals surface area contributed by atoms with Gasteiger partial charge in [-0.1, -0.05) is 30.3 Å². The van der Waals surface area contributed by atoms with Gasteiger partial charge in [-0.3, -0.25) is 5.32 Å². The molecule has 0 amide bonds. The Kier molecular flexibility index (Phi) is 3.63. The quantitative estimate of drug-likeness (QED) is 0.569. The van der Waals surface area contributed by atoms with Gasteiger partial charge in [-0.25, -0.2) is 9.59 Å². The SMILES string of the molecule is CN[C@@](C(=O)O)(C(=O)OC)c1ccccc1. The van der Waals surface area contributed by atoms with Crippen LogP contribution in [0.2, 0.25) is 0 Å². The van der Waals surface area contributed by atoms with Crippen LogP contribution in [-0.4, -0.2) is 31.2 Å². The molecule has 1 atom stereocenters. The van der Waals surface area contributed by atoms with Crippen molar-refractivity contribution in [2.24, 2.45) is 0 Å². The van der Waals surface area contributed by atoms with Gasteiger partial charge in [0.05, 0.1) is 7.11 Å². The van der Waals surface area contributed by atoms with E-state index in [1.165, 1.54) is 7.05 Å². The number of methoxy groups -OCH3 is 1. The molecule has 0 aliphatic rings. The number of carboxylic acid groups (broad SMARTS) is 1. The molecule has 0 bridgehead atoms. The van der Waals surface area contributed by atoms with Gasteiger partial charge in [-0.15, -0.1) is 0 Å². The second kappa shape index (κ2) is 4.76. The van der Waals surface area contributed by atoms with Gasteiger partial charge in [-0.2, -0.15) is 0 Å². The Morgan fingerprint density at radius 3 is 2.25 bits per heavy atom. The Balaban J connectivity index is 3.35. The van der Waals surface area contributed by atoms with Gasteiger partial charge in [0.25, 0.3) is 0 Å². The summed E-state index contributed by atoms with van der Waals surface area (Å²) in [6.07, 6.45) is 0. The topological polar surface area (TPSA) is 75.6 Å². The molecule has 0 saturated heterocycles. The Bertz CT molecular complexity index is 390. The lowest BCUT2D eigenvalue weighted by Crippen LogP contribution is -2.54.